The summed E-state index contributed by atoms with van der Waals surface area (Å²) in [4.78, 5) is 13.6. The number of nitrogens with zero attached hydrogens (tertiary/aromatic N) is 3. The summed E-state index contributed by atoms with van der Waals surface area (Å²) < 4.78 is 15.5. The number of likely N-dealkylation sites (N-methyl/N-ethyl adjacent to an activating group) is 1. The molecule has 0 atom stereocenters. The molecule has 28 heavy (non-hydrogen) atoms. The van der Waals surface area contributed by atoms with Gasteiger partial charge in [-0.2, -0.15) is 0 Å². The molecule has 7 heteroatoms. The van der Waals surface area contributed by atoms with E-state index in [-0.39, 0.29) is 17.1 Å². The van der Waals surface area contributed by atoms with Crippen LogP contribution in [0.25, 0.3) is 10.9 Å². The maximum atomic E-state index is 13.8. The number of carbonyl (C=O) groups is 1. The maximum absolute atomic E-state index is 13.8. The summed E-state index contributed by atoms with van der Waals surface area (Å²) in [5.74, 6) is -1.49. The number of hydrogen-bond acceptors (Lipinski definition) is 3. The van der Waals surface area contributed by atoms with Crippen LogP contribution in [-0.4, -0.2) is 35.2 Å². The molecule has 3 rings (SSSR count). The van der Waals surface area contributed by atoms with E-state index in [1.807, 2.05) is 24.3 Å². The predicted molar refractivity (Wildman–Crippen MR) is 106 cm³/mol. The largest absolute Gasteiger partial charge is 0.493 e. The van der Waals surface area contributed by atoms with Crippen LogP contribution in [0.1, 0.15) is 24.2 Å². The number of carbonyl (C=O) groups excluding carboxylic acids is 1. The molecule has 1 amide bonds. The van der Waals surface area contributed by atoms with E-state index in [0.717, 1.165) is 25.2 Å². The van der Waals surface area contributed by atoms with Crippen molar-refractivity contribution in [1.82, 2.24) is 4.57 Å². The molecule has 0 spiro atoms. The highest BCUT2D eigenvalue weighted by Crippen LogP contribution is 2.38. The average molecular weight is 383 g/mol. The van der Waals surface area contributed by atoms with E-state index < -0.39 is 11.7 Å². The van der Waals surface area contributed by atoms with Gasteiger partial charge in [-0.15, -0.1) is 10.2 Å². The smallest absolute Gasteiger partial charge is 0.298 e. The van der Waals surface area contributed by atoms with Crippen molar-refractivity contribution in [3.05, 3.63) is 59.9 Å². The van der Waals surface area contributed by atoms with Gasteiger partial charge in [-0.1, -0.05) is 30.3 Å². The van der Waals surface area contributed by atoms with Crippen LogP contribution in [0.5, 0.6) is 5.88 Å². The number of amides is 1. The molecule has 0 aliphatic rings. The second kappa shape index (κ2) is 8.75. The van der Waals surface area contributed by atoms with Crippen molar-refractivity contribution in [3.63, 3.8) is 0 Å². The molecule has 0 aliphatic carbocycles. The van der Waals surface area contributed by atoms with Gasteiger partial charge in [0.1, 0.15) is 5.82 Å². The predicted octanol–water partition coefficient (Wildman–Crippen LogP) is 3.33. The van der Waals surface area contributed by atoms with Gasteiger partial charge in [0, 0.05) is 5.39 Å². The third kappa shape index (κ3) is 3.94. The Hall–Kier alpha value is -3.06. The molecule has 146 valence electrons. The Bertz CT molecular complexity index is 1010. The van der Waals surface area contributed by atoms with E-state index in [0.29, 0.717) is 11.9 Å². The zero-order valence-electron chi connectivity index (χ0n) is 16.0. The van der Waals surface area contributed by atoms with E-state index in [4.69, 9.17) is 0 Å². The second-order valence-corrected chi connectivity index (χ2v) is 6.53. The molecular weight excluding hydrogens is 359 g/mol. The molecule has 2 N–H and O–H groups in total. The van der Waals surface area contributed by atoms with Gasteiger partial charge in [0.15, 0.2) is 5.69 Å². The molecule has 0 aliphatic heterocycles. The minimum Gasteiger partial charge on any atom is -0.493 e. The SMILES string of the molecule is CC[NH+](CC)CCn1c(O)c(N=NC(=O)c2ccccc2F)c2ccccc21. The summed E-state index contributed by atoms with van der Waals surface area (Å²) in [6.07, 6.45) is 0. The van der Waals surface area contributed by atoms with Gasteiger partial charge in [-0.3, -0.25) is 4.79 Å². The minimum atomic E-state index is -0.790. The van der Waals surface area contributed by atoms with Crippen molar-refractivity contribution in [2.75, 3.05) is 19.6 Å². The fourth-order valence-corrected chi connectivity index (χ4v) is 3.25. The Morgan fingerprint density at radius 3 is 2.50 bits per heavy atom. The fourth-order valence-electron chi connectivity index (χ4n) is 3.25. The highest BCUT2D eigenvalue weighted by atomic mass is 19.1. The number of aromatic hydroxyl groups is 1. The van der Waals surface area contributed by atoms with Gasteiger partial charge >= 0.3 is 0 Å². The molecule has 0 unspecified atom stereocenters. The third-order valence-electron chi connectivity index (χ3n) is 4.95. The number of quaternary nitrogens is 1. The summed E-state index contributed by atoms with van der Waals surface area (Å²) in [6, 6.07) is 13.0. The minimum absolute atomic E-state index is 0.0437. The van der Waals surface area contributed by atoms with Gasteiger partial charge in [0.2, 0.25) is 5.88 Å². The highest BCUT2D eigenvalue weighted by Gasteiger charge is 2.18. The van der Waals surface area contributed by atoms with Crippen LogP contribution >= 0.6 is 0 Å². The second-order valence-electron chi connectivity index (χ2n) is 6.53. The molecule has 0 fully saturated rings. The van der Waals surface area contributed by atoms with Crippen LogP contribution in [0, 0.1) is 5.82 Å². The standard InChI is InChI=1S/C21H23FN4O2/c1-3-25(4-2)13-14-26-18-12-8-6-10-16(18)19(21(26)28)23-24-20(27)15-9-5-7-11-17(15)22/h5-12,28H,3-4,13-14H2,1-2H3/p+1. The lowest BCUT2D eigenvalue weighted by Crippen LogP contribution is -3.11. The molecule has 2 aromatic carbocycles. The van der Waals surface area contributed by atoms with Crippen LogP contribution < -0.4 is 4.90 Å². The van der Waals surface area contributed by atoms with Gasteiger partial charge in [-0.25, -0.2) is 4.39 Å². The van der Waals surface area contributed by atoms with E-state index in [2.05, 4.69) is 24.1 Å². The number of halogens is 1. The van der Waals surface area contributed by atoms with Crippen molar-refractivity contribution in [3.8, 4) is 5.88 Å². The maximum Gasteiger partial charge on any atom is 0.298 e. The van der Waals surface area contributed by atoms with Crippen molar-refractivity contribution in [2.24, 2.45) is 10.2 Å². The van der Waals surface area contributed by atoms with Crippen molar-refractivity contribution < 1.29 is 19.2 Å². The Kier molecular flexibility index (Phi) is 6.16. The summed E-state index contributed by atoms with van der Waals surface area (Å²) in [7, 11) is 0. The topological polar surface area (TPSA) is 71.4 Å². The van der Waals surface area contributed by atoms with E-state index >= 15 is 0 Å². The van der Waals surface area contributed by atoms with Crippen LogP contribution in [-0.2, 0) is 6.54 Å². The quantitative estimate of drug-likeness (QED) is 0.615. The molecule has 6 nitrogen and oxygen atoms in total. The molecule has 0 radical (unpaired) electrons. The van der Waals surface area contributed by atoms with Crippen molar-refractivity contribution >= 4 is 22.5 Å². The number of fused-ring (bicyclic) bond motifs is 1. The first-order valence-corrected chi connectivity index (χ1v) is 9.41. The van der Waals surface area contributed by atoms with Gasteiger partial charge in [-0.05, 0) is 32.0 Å². The Labute approximate surface area is 162 Å². The number of rotatable bonds is 7. The number of benzene rings is 2. The first kappa shape index (κ1) is 19.7. The Balaban J connectivity index is 1.94. The first-order valence-electron chi connectivity index (χ1n) is 9.41. The van der Waals surface area contributed by atoms with Crippen LogP contribution in [0.15, 0.2) is 58.8 Å². The van der Waals surface area contributed by atoms with E-state index in [1.165, 1.54) is 23.1 Å². The summed E-state index contributed by atoms with van der Waals surface area (Å²) in [6.45, 7) is 7.71. The number of para-hydroxylation sites is 1. The Morgan fingerprint density at radius 2 is 1.79 bits per heavy atom. The fraction of sp³-hybridized carbons (Fsp3) is 0.286. The normalized spacial score (nSPS) is 11.7. The van der Waals surface area contributed by atoms with Crippen LogP contribution in [0.3, 0.4) is 0 Å². The number of hydrogen-bond donors (Lipinski definition) is 2. The van der Waals surface area contributed by atoms with Gasteiger partial charge < -0.3 is 14.6 Å². The molecule has 0 saturated heterocycles. The van der Waals surface area contributed by atoms with Crippen molar-refractivity contribution in [2.45, 2.75) is 20.4 Å². The summed E-state index contributed by atoms with van der Waals surface area (Å²) >= 11 is 0. The van der Waals surface area contributed by atoms with E-state index in [9.17, 15) is 14.3 Å². The third-order valence-corrected chi connectivity index (χ3v) is 4.95. The van der Waals surface area contributed by atoms with Crippen LogP contribution in [0.4, 0.5) is 10.1 Å². The zero-order valence-corrected chi connectivity index (χ0v) is 16.0. The molecule has 1 heterocycles. The Morgan fingerprint density at radius 1 is 1.11 bits per heavy atom. The summed E-state index contributed by atoms with van der Waals surface area (Å²) in [5, 5.41) is 19.0. The molecule has 0 bridgehead atoms. The first-order chi connectivity index (χ1) is 13.6. The van der Waals surface area contributed by atoms with Crippen molar-refractivity contribution in [1.29, 1.82) is 0 Å². The molecule has 3 aromatic rings. The molecular formula is C21H24FN4O2+. The lowest BCUT2D eigenvalue weighted by molar-refractivity contribution is -0.897. The van der Waals surface area contributed by atoms with E-state index in [1.54, 1.807) is 10.6 Å². The number of nitrogens with one attached hydrogen (secondary N) is 1. The molecule has 0 saturated carbocycles. The van der Waals surface area contributed by atoms with Crippen LogP contribution in [0.2, 0.25) is 0 Å². The lowest BCUT2D eigenvalue weighted by Gasteiger charge is -2.16. The molecule has 1 aromatic heterocycles. The number of azo groups is 1. The average Bonchev–Trinajstić information content (AvgIpc) is 2.98. The van der Waals surface area contributed by atoms with Gasteiger partial charge in [0.05, 0.1) is 37.3 Å². The highest BCUT2D eigenvalue weighted by molar-refractivity contribution is 5.97. The monoisotopic (exact) mass is 383 g/mol. The lowest BCUT2D eigenvalue weighted by atomic mass is 10.2. The zero-order chi connectivity index (χ0) is 20.1. The van der Waals surface area contributed by atoms with Gasteiger partial charge in [0.25, 0.3) is 5.91 Å². The number of aromatic nitrogens is 1. The summed E-state index contributed by atoms with van der Waals surface area (Å²) in [5.41, 5.74) is 0.883.